The van der Waals surface area contributed by atoms with E-state index in [0.29, 0.717) is 0 Å². The number of aliphatic carboxylic acids is 1. The van der Waals surface area contributed by atoms with Gasteiger partial charge in [0.1, 0.15) is 6.04 Å². The van der Waals surface area contributed by atoms with Gasteiger partial charge in [-0.1, -0.05) is 111 Å². The molecule has 0 heterocycles. The Morgan fingerprint density at radius 2 is 1.18 bits per heavy atom. The predicted octanol–water partition coefficient (Wildman–Crippen LogP) is 5.07. The lowest BCUT2D eigenvalue weighted by atomic mass is 9.75. The third-order valence-corrected chi connectivity index (χ3v) is 5.47. The second-order valence-corrected chi connectivity index (χ2v) is 7.19. The molecule has 0 unspecified atom stereocenters. The van der Waals surface area contributed by atoms with Gasteiger partial charge in [0.05, 0.1) is 5.54 Å². The van der Waals surface area contributed by atoms with Crippen molar-refractivity contribution in [3.63, 3.8) is 0 Å². The summed E-state index contributed by atoms with van der Waals surface area (Å²) in [4.78, 5) is 12.2. The van der Waals surface area contributed by atoms with Crippen LogP contribution in [0.25, 0.3) is 0 Å². The Labute approximate surface area is 167 Å². The molecule has 0 aromatic heterocycles. The molecule has 144 valence electrons. The van der Waals surface area contributed by atoms with E-state index in [9.17, 15) is 9.90 Å². The van der Waals surface area contributed by atoms with Crippen LogP contribution in [0.2, 0.25) is 0 Å². The predicted molar refractivity (Wildman–Crippen MR) is 113 cm³/mol. The lowest BCUT2D eigenvalue weighted by molar-refractivity contribution is -0.141. The van der Waals surface area contributed by atoms with Crippen LogP contribution in [0.3, 0.4) is 0 Å². The molecule has 3 rings (SSSR count). The normalized spacial score (nSPS) is 13.6. The molecule has 0 radical (unpaired) electrons. The third-order valence-electron chi connectivity index (χ3n) is 5.47. The van der Waals surface area contributed by atoms with Gasteiger partial charge in [-0.25, -0.2) is 0 Å². The van der Waals surface area contributed by atoms with Gasteiger partial charge in [0.2, 0.25) is 0 Å². The van der Waals surface area contributed by atoms with Gasteiger partial charge in [-0.15, -0.1) is 0 Å². The molecule has 0 fully saturated rings. The number of nitrogens with one attached hydrogen (secondary N) is 1. The van der Waals surface area contributed by atoms with Crippen molar-refractivity contribution in [2.75, 3.05) is 0 Å². The van der Waals surface area contributed by atoms with Crippen LogP contribution in [0.15, 0.2) is 91.0 Å². The van der Waals surface area contributed by atoms with Crippen molar-refractivity contribution in [1.29, 1.82) is 0 Å². The highest BCUT2D eigenvalue weighted by Gasteiger charge is 2.40. The fourth-order valence-corrected chi connectivity index (χ4v) is 3.73. The van der Waals surface area contributed by atoms with Gasteiger partial charge in [0.25, 0.3) is 0 Å². The van der Waals surface area contributed by atoms with E-state index in [1.165, 1.54) is 0 Å². The minimum Gasteiger partial charge on any atom is -0.480 e. The molecule has 0 aliphatic carbocycles. The first-order valence-corrected chi connectivity index (χ1v) is 9.76. The van der Waals surface area contributed by atoms with Crippen molar-refractivity contribution >= 4 is 5.97 Å². The van der Waals surface area contributed by atoms with E-state index in [2.05, 4.69) is 41.7 Å². The second kappa shape index (κ2) is 8.85. The Kier molecular flexibility index (Phi) is 6.27. The number of carboxylic acid groups (broad SMARTS) is 1. The number of rotatable bonds is 8. The van der Waals surface area contributed by atoms with E-state index in [0.717, 1.165) is 23.1 Å². The summed E-state index contributed by atoms with van der Waals surface area (Å²) in [6.07, 6.45) is 0.776. The summed E-state index contributed by atoms with van der Waals surface area (Å²) >= 11 is 0. The summed E-state index contributed by atoms with van der Waals surface area (Å²) in [6, 6.07) is 29.6. The van der Waals surface area contributed by atoms with E-state index in [4.69, 9.17) is 0 Å². The summed E-state index contributed by atoms with van der Waals surface area (Å²) in [5, 5.41) is 13.6. The molecular formula is C25H27NO2. The van der Waals surface area contributed by atoms with Crippen molar-refractivity contribution < 1.29 is 9.90 Å². The maximum absolute atomic E-state index is 12.2. The topological polar surface area (TPSA) is 49.3 Å². The smallest absolute Gasteiger partial charge is 0.321 e. The van der Waals surface area contributed by atoms with Crippen LogP contribution in [0.5, 0.6) is 0 Å². The quantitative estimate of drug-likeness (QED) is 0.542. The van der Waals surface area contributed by atoms with Gasteiger partial charge >= 0.3 is 5.97 Å². The van der Waals surface area contributed by atoms with E-state index < -0.39 is 17.6 Å². The summed E-state index contributed by atoms with van der Waals surface area (Å²) in [5.74, 6) is -0.852. The zero-order chi connectivity index (χ0) is 20.0. The van der Waals surface area contributed by atoms with Crippen LogP contribution in [-0.2, 0) is 10.3 Å². The molecule has 0 aliphatic rings. The first-order valence-electron chi connectivity index (χ1n) is 9.76. The van der Waals surface area contributed by atoms with Crippen LogP contribution in [-0.4, -0.2) is 17.1 Å². The first kappa shape index (κ1) is 19.8. The molecule has 2 N–H and O–H groups in total. The minimum absolute atomic E-state index is 0.0204. The van der Waals surface area contributed by atoms with Gasteiger partial charge in [-0.05, 0) is 22.6 Å². The summed E-state index contributed by atoms with van der Waals surface area (Å²) in [6.45, 7) is 4.01. The van der Waals surface area contributed by atoms with Crippen LogP contribution >= 0.6 is 0 Å². The average molecular weight is 373 g/mol. The highest BCUT2D eigenvalue weighted by atomic mass is 16.4. The molecule has 0 spiro atoms. The maximum atomic E-state index is 12.2. The monoisotopic (exact) mass is 373 g/mol. The summed E-state index contributed by atoms with van der Waals surface area (Å²) in [7, 11) is 0. The Bertz CT molecular complexity index is 782. The zero-order valence-electron chi connectivity index (χ0n) is 16.4. The maximum Gasteiger partial charge on any atom is 0.321 e. The molecule has 0 amide bonds. The molecule has 0 saturated carbocycles. The molecule has 0 saturated heterocycles. The fourth-order valence-electron chi connectivity index (χ4n) is 3.73. The minimum atomic E-state index is -0.832. The molecule has 0 aliphatic heterocycles. The van der Waals surface area contributed by atoms with E-state index >= 15 is 0 Å². The average Bonchev–Trinajstić information content (AvgIpc) is 2.76. The Morgan fingerprint density at radius 1 is 0.821 bits per heavy atom. The third kappa shape index (κ3) is 3.85. The lowest BCUT2D eigenvalue weighted by Gasteiger charge is -2.40. The van der Waals surface area contributed by atoms with E-state index in [1.807, 2.05) is 68.4 Å². The van der Waals surface area contributed by atoms with Crippen molar-refractivity contribution in [3.05, 3.63) is 108 Å². The van der Waals surface area contributed by atoms with Gasteiger partial charge in [0, 0.05) is 0 Å². The number of carboxylic acids is 1. The summed E-state index contributed by atoms with van der Waals surface area (Å²) in [5.41, 5.74) is 2.28. The molecule has 3 nitrogen and oxygen atoms in total. The Hall–Kier alpha value is -2.91. The molecule has 0 bridgehead atoms. The van der Waals surface area contributed by atoms with Crippen LogP contribution in [0, 0.1) is 5.92 Å². The largest absolute Gasteiger partial charge is 0.480 e. The molecule has 3 aromatic rings. The second-order valence-electron chi connectivity index (χ2n) is 7.19. The number of benzene rings is 3. The lowest BCUT2D eigenvalue weighted by Crippen LogP contribution is -2.54. The van der Waals surface area contributed by atoms with Gasteiger partial charge < -0.3 is 5.11 Å². The van der Waals surface area contributed by atoms with Gasteiger partial charge in [-0.3, -0.25) is 10.1 Å². The van der Waals surface area contributed by atoms with Crippen molar-refractivity contribution in [2.45, 2.75) is 31.8 Å². The molecule has 3 aromatic carbocycles. The highest BCUT2D eigenvalue weighted by molar-refractivity contribution is 5.74. The number of carbonyl (C=O) groups is 1. The molecule has 28 heavy (non-hydrogen) atoms. The Morgan fingerprint density at radius 3 is 1.46 bits per heavy atom. The SMILES string of the molecule is CC[C@H](C)[C@H](NC(c1ccccc1)(c1ccccc1)c1ccccc1)C(=O)O. The number of hydrogen-bond donors (Lipinski definition) is 2. The molecular weight excluding hydrogens is 346 g/mol. The van der Waals surface area contributed by atoms with Crippen LogP contribution in [0.4, 0.5) is 0 Å². The van der Waals surface area contributed by atoms with Crippen LogP contribution < -0.4 is 5.32 Å². The van der Waals surface area contributed by atoms with E-state index in [1.54, 1.807) is 0 Å². The fraction of sp³-hybridized carbons (Fsp3) is 0.240. The van der Waals surface area contributed by atoms with Gasteiger partial charge in [0.15, 0.2) is 0 Å². The van der Waals surface area contributed by atoms with Gasteiger partial charge in [-0.2, -0.15) is 0 Å². The highest BCUT2D eigenvalue weighted by Crippen LogP contribution is 2.38. The van der Waals surface area contributed by atoms with Crippen molar-refractivity contribution in [2.24, 2.45) is 5.92 Å². The van der Waals surface area contributed by atoms with Crippen molar-refractivity contribution in [1.82, 2.24) is 5.32 Å². The zero-order valence-corrected chi connectivity index (χ0v) is 16.4. The van der Waals surface area contributed by atoms with E-state index in [-0.39, 0.29) is 5.92 Å². The van der Waals surface area contributed by atoms with Crippen LogP contribution in [0.1, 0.15) is 37.0 Å². The van der Waals surface area contributed by atoms with Crippen molar-refractivity contribution in [3.8, 4) is 0 Å². The first-order chi connectivity index (χ1) is 13.6. The molecule has 3 heteroatoms. The Balaban J connectivity index is 2.29. The molecule has 2 atom stereocenters. The summed E-state index contributed by atoms with van der Waals surface area (Å²) < 4.78 is 0. The number of hydrogen-bond acceptors (Lipinski definition) is 2. The standard InChI is InChI=1S/C25H27NO2/c1-3-19(2)23(24(27)28)26-25(20-13-7-4-8-14-20,21-15-9-5-10-16-21)22-17-11-6-12-18-22/h4-19,23,26H,3H2,1-2H3,(H,27,28)/t19-,23-/m0/s1.